The molecule has 1 N–H and O–H groups in total. The predicted octanol–water partition coefficient (Wildman–Crippen LogP) is 8.01. The van der Waals surface area contributed by atoms with Gasteiger partial charge in [-0.25, -0.2) is 9.78 Å². The minimum absolute atomic E-state index is 0.202. The van der Waals surface area contributed by atoms with Crippen molar-refractivity contribution in [2.75, 3.05) is 5.32 Å². The number of esters is 1. The lowest BCUT2D eigenvalue weighted by molar-refractivity contribution is -0.123. The number of pyridine rings is 1. The summed E-state index contributed by atoms with van der Waals surface area (Å²) in [5.41, 5.74) is 3.14. The van der Waals surface area contributed by atoms with Crippen molar-refractivity contribution >= 4 is 74.9 Å². The molecule has 3 aromatic carbocycles. The molecule has 1 atom stereocenters. The average Bonchev–Trinajstić information content (AvgIpc) is 2.81. The van der Waals surface area contributed by atoms with E-state index >= 15 is 0 Å². The molecule has 0 fully saturated rings. The number of ether oxygens (including phenoxy) is 1. The highest BCUT2D eigenvalue weighted by Gasteiger charge is 2.25. The number of rotatable bonds is 5. The summed E-state index contributed by atoms with van der Waals surface area (Å²) in [4.78, 5) is 30.8. The fourth-order valence-corrected chi connectivity index (χ4v) is 4.40. The molecule has 9 heteroatoms. The van der Waals surface area contributed by atoms with Crippen LogP contribution in [-0.2, 0) is 9.53 Å². The molecule has 178 valence electrons. The van der Waals surface area contributed by atoms with Gasteiger partial charge in [-0.1, -0.05) is 76.7 Å². The van der Waals surface area contributed by atoms with Crippen molar-refractivity contribution in [1.29, 1.82) is 0 Å². The van der Waals surface area contributed by atoms with E-state index in [1.165, 1.54) is 19.1 Å². The van der Waals surface area contributed by atoms with Gasteiger partial charge in [0.15, 0.2) is 6.10 Å². The molecule has 0 aliphatic rings. The maximum absolute atomic E-state index is 13.3. The Morgan fingerprint density at radius 3 is 2.37 bits per heavy atom. The third-order valence-electron chi connectivity index (χ3n) is 5.36. The first-order valence-corrected chi connectivity index (χ1v) is 12.0. The highest BCUT2D eigenvalue weighted by molar-refractivity contribution is 6.44. The molecule has 1 heterocycles. The van der Waals surface area contributed by atoms with Crippen molar-refractivity contribution < 1.29 is 14.3 Å². The third kappa shape index (κ3) is 5.39. The standard InChI is InChI=1S/C26H18Cl4N2O3/c1-13-23(17-8-3-4-9-21(17)31-24(13)15-6-5-7-16(27)10-15)26(34)35-14(2)25(33)32-22-12-19(29)18(28)11-20(22)30/h3-12,14H,1-2H3,(H,32,33). The Balaban J connectivity index is 1.66. The third-order valence-corrected chi connectivity index (χ3v) is 6.63. The topological polar surface area (TPSA) is 68.3 Å². The van der Waals surface area contributed by atoms with Gasteiger partial charge >= 0.3 is 5.97 Å². The molecule has 0 radical (unpaired) electrons. The van der Waals surface area contributed by atoms with Gasteiger partial charge < -0.3 is 10.1 Å². The molecular formula is C26H18Cl4N2O3. The number of anilines is 1. The average molecular weight is 548 g/mol. The number of amides is 1. The minimum atomic E-state index is -1.13. The van der Waals surface area contributed by atoms with Gasteiger partial charge in [-0.3, -0.25) is 4.79 Å². The zero-order valence-corrected chi connectivity index (χ0v) is 21.6. The SMILES string of the molecule is Cc1c(-c2cccc(Cl)c2)nc2ccccc2c1C(=O)OC(C)C(=O)Nc1cc(Cl)c(Cl)cc1Cl. The largest absolute Gasteiger partial charge is 0.449 e. The molecule has 5 nitrogen and oxygen atoms in total. The Morgan fingerprint density at radius 1 is 0.914 bits per heavy atom. The summed E-state index contributed by atoms with van der Waals surface area (Å²) in [6, 6.07) is 17.3. The Kier molecular flexibility index (Phi) is 7.53. The lowest BCUT2D eigenvalue weighted by atomic mass is 9.98. The molecule has 0 aliphatic heterocycles. The number of hydrogen-bond acceptors (Lipinski definition) is 4. The Morgan fingerprint density at radius 2 is 1.63 bits per heavy atom. The van der Waals surface area contributed by atoms with Gasteiger partial charge in [0.05, 0.1) is 37.5 Å². The highest BCUT2D eigenvalue weighted by Crippen LogP contribution is 2.33. The van der Waals surface area contributed by atoms with E-state index in [1.807, 2.05) is 30.3 Å². The molecule has 0 aliphatic carbocycles. The van der Waals surface area contributed by atoms with Crippen LogP contribution in [0, 0.1) is 6.92 Å². The van der Waals surface area contributed by atoms with Crippen LogP contribution in [0.5, 0.6) is 0 Å². The smallest absolute Gasteiger partial charge is 0.339 e. The van der Waals surface area contributed by atoms with Crippen molar-refractivity contribution in [3.05, 3.63) is 91.9 Å². The summed E-state index contributed by atoms with van der Waals surface area (Å²) in [5.74, 6) is -1.24. The molecule has 0 saturated heterocycles. The second kappa shape index (κ2) is 10.4. The number of aromatic nitrogens is 1. The van der Waals surface area contributed by atoms with E-state index in [1.54, 1.807) is 25.1 Å². The molecule has 1 amide bonds. The van der Waals surface area contributed by atoms with Gasteiger partial charge in [0.25, 0.3) is 5.91 Å². The molecule has 4 aromatic rings. The van der Waals surface area contributed by atoms with Crippen LogP contribution in [0.1, 0.15) is 22.8 Å². The summed E-state index contributed by atoms with van der Waals surface area (Å²) < 4.78 is 5.56. The second-order valence-electron chi connectivity index (χ2n) is 7.77. The summed E-state index contributed by atoms with van der Waals surface area (Å²) in [6.45, 7) is 3.25. The van der Waals surface area contributed by atoms with Crippen molar-refractivity contribution in [2.24, 2.45) is 0 Å². The van der Waals surface area contributed by atoms with Crippen LogP contribution >= 0.6 is 46.4 Å². The van der Waals surface area contributed by atoms with E-state index < -0.39 is 18.0 Å². The van der Waals surface area contributed by atoms with Gasteiger partial charge in [0.2, 0.25) is 0 Å². The molecule has 1 unspecified atom stereocenters. The number of benzene rings is 3. The fourth-order valence-electron chi connectivity index (χ4n) is 3.61. The number of carbonyl (C=O) groups excluding carboxylic acids is 2. The number of nitrogens with one attached hydrogen (secondary N) is 1. The van der Waals surface area contributed by atoms with Crippen LogP contribution in [0.4, 0.5) is 5.69 Å². The van der Waals surface area contributed by atoms with Gasteiger partial charge in [-0.2, -0.15) is 0 Å². The molecule has 1 aromatic heterocycles. The summed E-state index contributed by atoms with van der Waals surface area (Å²) >= 11 is 24.3. The quantitative estimate of drug-likeness (QED) is 0.203. The summed E-state index contributed by atoms with van der Waals surface area (Å²) in [6.07, 6.45) is -1.13. The molecular weight excluding hydrogens is 530 g/mol. The van der Waals surface area contributed by atoms with Crippen LogP contribution in [0.25, 0.3) is 22.2 Å². The lowest BCUT2D eigenvalue weighted by Crippen LogP contribution is -2.30. The van der Waals surface area contributed by atoms with Gasteiger partial charge in [-0.15, -0.1) is 0 Å². The normalized spacial score (nSPS) is 11.8. The highest BCUT2D eigenvalue weighted by atomic mass is 35.5. The zero-order valence-electron chi connectivity index (χ0n) is 18.5. The van der Waals surface area contributed by atoms with E-state index in [0.29, 0.717) is 32.7 Å². The fraction of sp³-hybridized carbons (Fsp3) is 0.115. The predicted molar refractivity (Wildman–Crippen MR) is 142 cm³/mol. The second-order valence-corrected chi connectivity index (χ2v) is 9.43. The number of carbonyl (C=O) groups is 2. The Bertz CT molecular complexity index is 1470. The van der Waals surface area contributed by atoms with Crippen molar-refractivity contribution in [1.82, 2.24) is 4.98 Å². The van der Waals surface area contributed by atoms with Crippen LogP contribution in [0.2, 0.25) is 20.1 Å². The van der Waals surface area contributed by atoms with E-state index in [0.717, 1.165) is 5.56 Å². The first-order valence-electron chi connectivity index (χ1n) is 10.5. The van der Waals surface area contributed by atoms with E-state index in [4.69, 9.17) is 56.1 Å². The first-order chi connectivity index (χ1) is 16.7. The molecule has 0 saturated carbocycles. The van der Waals surface area contributed by atoms with Crippen molar-refractivity contribution in [3.8, 4) is 11.3 Å². The van der Waals surface area contributed by atoms with E-state index in [-0.39, 0.29) is 20.8 Å². The number of para-hydroxylation sites is 1. The van der Waals surface area contributed by atoms with E-state index in [9.17, 15) is 9.59 Å². The lowest BCUT2D eigenvalue weighted by Gasteiger charge is -2.18. The molecule has 0 spiro atoms. The van der Waals surface area contributed by atoms with Gasteiger partial charge in [0, 0.05) is 16.0 Å². The Hall–Kier alpha value is -2.83. The first kappa shape index (κ1) is 25.3. The number of halogens is 4. The van der Waals surface area contributed by atoms with Gasteiger partial charge in [0.1, 0.15) is 0 Å². The van der Waals surface area contributed by atoms with Gasteiger partial charge in [-0.05, 0) is 49.7 Å². The number of nitrogens with zero attached hydrogens (tertiary/aromatic N) is 1. The Labute approximate surface area is 221 Å². The molecule has 4 rings (SSSR count). The van der Waals surface area contributed by atoms with Crippen LogP contribution in [0.15, 0.2) is 60.7 Å². The zero-order chi connectivity index (χ0) is 25.3. The summed E-state index contributed by atoms with van der Waals surface area (Å²) in [7, 11) is 0. The van der Waals surface area contributed by atoms with Crippen LogP contribution < -0.4 is 5.32 Å². The molecule has 35 heavy (non-hydrogen) atoms. The monoisotopic (exact) mass is 546 g/mol. The number of fused-ring (bicyclic) bond motifs is 1. The van der Waals surface area contributed by atoms with Crippen molar-refractivity contribution in [3.63, 3.8) is 0 Å². The maximum atomic E-state index is 13.3. The van der Waals surface area contributed by atoms with E-state index in [2.05, 4.69) is 5.32 Å². The molecule has 0 bridgehead atoms. The van der Waals surface area contributed by atoms with Crippen LogP contribution in [-0.4, -0.2) is 23.0 Å². The minimum Gasteiger partial charge on any atom is -0.449 e. The van der Waals surface area contributed by atoms with Crippen molar-refractivity contribution in [2.45, 2.75) is 20.0 Å². The number of hydrogen-bond donors (Lipinski definition) is 1. The van der Waals surface area contributed by atoms with Crippen LogP contribution in [0.3, 0.4) is 0 Å². The maximum Gasteiger partial charge on any atom is 0.339 e. The summed E-state index contributed by atoms with van der Waals surface area (Å²) in [5, 5.41) is 4.45.